The Morgan fingerprint density at radius 1 is 1.17 bits per heavy atom. The zero-order chi connectivity index (χ0) is 16.4. The Balaban J connectivity index is 1.78. The van der Waals surface area contributed by atoms with Gasteiger partial charge in [-0.15, -0.1) is 0 Å². The van der Waals surface area contributed by atoms with E-state index >= 15 is 0 Å². The van der Waals surface area contributed by atoms with Gasteiger partial charge in [-0.05, 0) is 42.7 Å². The van der Waals surface area contributed by atoms with Crippen molar-refractivity contribution < 1.29 is 9.59 Å². The van der Waals surface area contributed by atoms with Gasteiger partial charge in [0, 0.05) is 17.9 Å². The summed E-state index contributed by atoms with van der Waals surface area (Å²) in [4.78, 5) is 26.2. The van der Waals surface area contributed by atoms with Gasteiger partial charge in [0.05, 0.1) is 10.7 Å². The molecule has 1 heterocycles. The van der Waals surface area contributed by atoms with Crippen molar-refractivity contribution >= 4 is 40.5 Å². The van der Waals surface area contributed by atoms with Crippen LogP contribution in [-0.2, 0) is 16.0 Å². The maximum Gasteiger partial charge on any atom is 0.316 e. The highest BCUT2D eigenvalue weighted by Gasteiger charge is 2.27. The number of hydrogen-bond acceptors (Lipinski definition) is 3. The Kier molecular flexibility index (Phi) is 4.21. The summed E-state index contributed by atoms with van der Waals surface area (Å²) in [5.74, 6) is -1.27. The predicted molar refractivity (Wildman–Crippen MR) is 91.6 cm³/mol. The highest BCUT2D eigenvalue weighted by atomic mass is 35.5. The highest BCUT2D eigenvalue weighted by molar-refractivity contribution is 6.44. The number of nitrogens with two attached hydrogens (primary N) is 1. The molecule has 1 aliphatic heterocycles. The molecule has 23 heavy (non-hydrogen) atoms. The number of para-hydroxylation sites is 1. The minimum Gasteiger partial charge on any atom is -0.398 e. The van der Waals surface area contributed by atoms with Crippen molar-refractivity contribution in [1.29, 1.82) is 0 Å². The average molecular weight is 330 g/mol. The Morgan fingerprint density at radius 2 is 1.96 bits per heavy atom. The van der Waals surface area contributed by atoms with Gasteiger partial charge in [-0.2, -0.15) is 0 Å². The molecule has 6 heteroatoms. The molecule has 3 rings (SSSR count). The van der Waals surface area contributed by atoms with E-state index < -0.39 is 11.8 Å². The minimum absolute atomic E-state index is 0.332. The summed E-state index contributed by atoms with van der Waals surface area (Å²) in [6.45, 7) is 0.533. The van der Waals surface area contributed by atoms with E-state index in [0.29, 0.717) is 22.9 Å². The molecule has 0 aromatic heterocycles. The van der Waals surface area contributed by atoms with Crippen LogP contribution < -0.4 is 16.0 Å². The molecule has 0 radical (unpaired) electrons. The lowest BCUT2D eigenvalue weighted by Crippen LogP contribution is -2.42. The third-order valence-corrected chi connectivity index (χ3v) is 4.14. The summed E-state index contributed by atoms with van der Waals surface area (Å²) < 4.78 is 0. The van der Waals surface area contributed by atoms with Crippen LogP contribution >= 0.6 is 11.6 Å². The first kappa shape index (κ1) is 15.4. The Hall–Kier alpha value is -2.53. The molecule has 0 saturated heterocycles. The first-order chi connectivity index (χ1) is 11.1. The SMILES string of the molecule is Nc1ccc(NC(=O)C(=O)N2CCCc3ccccc32)cc1Cl. The molecule has 0 fully saturated rings. The summed E-state index contributed by atoms with van der Waals surface area (Å²) in [6.07, 6.45) is 1.75. The van der Waals surface area contributed by atoms with Crippen LogP contribution in [0.1, 0.15) is 12.0 Å². The van der Waals surface area contributed by atoms with Crippen molar-refractivity contribution in [1.82, 2.24) is 0 Å². The van der Waals surface area contributed by atoms with E-state index in [9.17, 15) is 9.59 Å². The number of nitrogens with one attached hydrogen (secondary N) is 1. The van der Waals surface area contributed by atoms with Gasteiger partial charge in [0.2, 0.25) is 0 Å². The second kappa shape index (κ2) is 6.30. The van der Waals surface area contributed by atoms with Crippen LogP contribution in [0.4, 0.5) is 17.1 Å². The Bertz CT molecular complexity index is 776. The van der Waals surface area contributed by atoms with Crippen LogP contribution in [0.5, 0.6) is 0 Å². The lowest BCUT2D eigenvalue weighted by molar-refractivity contribution is -0.134. The monoisotopic (exact) mass is 329 g/mol. The molecule has 0 bridgehead atoms. The lowest BCUT2D eigenvalue weighted by atomic mass is 10.0. The number of halogens is 1. The number of nitrogens with zero attached hydrogens (tertiary/aromatic N) is 1. The van der Waals surface area contributed by atoms with E-state index in [1.807, 2.05) is 24.3 Å². The van der Waals surface area contributed by atoms with Crippen LogP contribution in [0, 0.1) is 0 Å². The molecular weight excluding hydrogens is 314 g/mol. The van der Waals surface area contributed by atoms with E-state index in [4.69, 9.17) is 17.3 Å². The van der Waals surface area contributed by atoms with E-state index in [2.05, 4.69) is 5.32 Å². The number of carbonyl (C=O) groups is 2. The summed E-state index contributed by atoms with van der Waals surface area (Å²) >= 11 is 5.92. The molecule has 0 aliphatic carbocycles. The van der Waals surface area contributed by atoms with Crippen LogP contribution in [0.3, 0.4) is 0 Å². The Morgan fingerprint density at radius 3 is 2.74 bits per heavy atom. The van der Waals surface area contributed by atoms with Crippen LogP contribution in [-0.4, -0.2) is 18.4 Å². The third-order valence-electron chi connectivity index (χ3n) is 3.81. The van der Waals surface area contributed by atoms with E-state index in [1.54, 1.807) is 12.1 Å². The molecular formula is C17H16ClN3O2. The van der Waals surface area contributed by atoms with Crippen LogP contribution in [0.25, 0.3) is 0 Å². The van der Waals surface area contributed by atoms with Gasteiger partial charge in [-0.25, -0.2) is 0 Å². The van der Waals surface area contributed by atoms with Gasteiger partial charge in [0.15, 0.2) is 0 Å². The molecule has 118 valence electrons. The van der Waals surface area contributed by atoms with E-state index in [0.717, 1.165) is 24.1 Å². The minimum atomic E-state index is -0.692. The molecule has 2 aromatic rings. The van der Waals surface area contributed by atoms with Gasteiger partial charge >= 0.3 is 11.8 Å². The quantitative estimate of drug-likeness (QED) is 0.624. The van der Waals surface area contributed by atoms with Crippen molar-refractivity contribution in [2.24, 2.45) is 0 Å². The largest absolute Gasteiger partial charge is 0.398 e. The highest BCUT2D eigenvalue weighted by Crippen LogP contribution is 2.27. The number of anilines is 3. The Labute approximate surface area is 139 Å². The standard InChI is InChI=1S/C17H16ClN3O2/c18-13-10-12(7-8-14(13)19)20-16(22)17(23)21-9-3-5-11-4-1-2-6-15(11)21/h1-2,4,6-8,10H,3,5,9,19H2,(H,20,22). The number of rotatable bonds is 1. The fourth-order valence-electron chi connectivity index (χ4n) is 2.66. The smallest absolute Gasteiger partial charge is 0.316 e. The number of hydrogen-bond donors (Lipinski definition) is 2. The molecule has 2 amide bonds. The summed E-state index contributed by atoms with van der Waals surface area (Å²) in [6, 6.07) is 12.3. The summed E-state index contributed by atoms with van der Waals surface area (Å²) in [5, 5.41) is 2.90. The van der Waals surface area contributed by atoms with E-state index in [-0.39, 0.29) is 0 Å². The fourth-order valence-corrected chi connectivity index (χ4v) is 2.84. The van der Waals surface area contributed by atoms with Crippen molar-refractivity contribution in [2.75, 3.05) is 22.5 Å². The molecule has 0 unspecified atom stereocenters. The normalized spacial score (nSPS) is 13.3. The number of nitrogen functional groups attached to an aromatic ring is 1. The number of amides is 2. The number of benzene rings is 2. The first-order valence-electron chi connectivity index (χ1n) is 7.32. The van der Waals surface area contributed by atoms with Gasteiger partial charge < -0.3 is 16.0 Å². The topological polar surface area (TPSA) is 75.4 Å². The van der Waals surface area contributed by atoms with Crippen molar-refractivity contribution in [3.63, 3.8) is 0 Å². The van der Waals surface area contributed by atoms with Crippen molar-refractivity contribution in [2.45, 2.75) is 12.8 Å². The third kappa shape index (κ3) is 3.14. The molecule has 0 atom stereocenters. The van der Waals surface area contributed by atoms with Crippen LogP contribution in [0.2, 0.25) is 5.02 Å². The zero-order valence-electron chi connectivity index (χ0n) is 12.4. The molecule has 0 saturated carbocycles. The fraction of sp³-hybridized carbons (Fsp3) is 0.176. The number of aryl methyl sites for hydroxylation is 1. The predicted octanol–water partition coefficient (Wildman–Crippen LogP) is 2.84. The van der Waals surface area contributed by atoms with Gasteiger partial charge in [0.1, 0.15) is 0 Å². The van der Waals surface area contributed by atoms with Gasteiger partial charge in [0.25, 0.3) is 0 Å². The van der Waals surface area contributed by atoms with Gasteiger partial charge in [-0.1, -0.05) is 29.8 Å². The lowest BCUT2D eigenvalue weighted by Gasteiger charge is -2.28. The number of fused-ring (bicyclic) bond motifs is 1. The molecule has 0 spiro atoms. The summed E-state index contributed by atoms with van der Waals surface area (Å²) in [7, 11) is 0. The first-order valence-corrected chi connectivity index (χ1v) is 7.70. The van der Waals surface area contributed by atoms with Crippen molar-refractivity contribution in [3.05, 3.63) is 53.1 Å². The zero-order valence-corrected chi connectivity index (χ0v) is 13.1. The van der Waals surface area contributed by atoms with E-state index in [1.165, 1.54) is 11.0 Å². The molecule has 1 aliphatic rings. The van der Waals surface area contributed by atoms with Crippen LogP contribution in [0.15, 0.2) is 42.5 Å². The second-order valence-electron chi connectivity index (χ2n) is 5.38. The average Bonchev–Trinajstić information content (AvgIpc) is 2.57. The molecule has 3 N–H and O–H groups in total. The summed E-state index contributed by atoms with van der Waals surface area (Å²) in [5.41, 5.74) is 8.36. The maximum atomic E-state index is 12.5. The number of carbonyl (C=O) groups excluding carboxylic acids is 2. The molecule has 5 nitrogen and oxygen atoms in total. The van der Waals surface area contributed by atoms with Gasteiger partial charge in [-0.3, -0.25) is 9.59 Å². The van der Waals surface area contributed by atoms with Crippen molar-refractivity contribution in [3.8, 4) is 0 Å². The molecule has 2 aromatic carbocycles. The maximum absolute atomic E-state index is 12.5. The second-order valence-corrected chi connectivity index (χ2v) is 5.79.